The van der Waals surface area contributed by atoms with Crippen molar-refractivity contribution in [3.8, 4) is 5.75 Å². The van der Waals surface area contributed by atoms with Gasteiger partial charge >= 0.3 is 0 Å². The van der Waals surface area contributed by atoms with E-state index in [0.29, 0.717) is 5.88 Å². The third-order valence-electron chi connectivity index (χ3n) is 2.97. The monoisotopic (exact) mass is 255 g/mol. The number of likely N-dealkylation sites (N-methyl/N-ethyl adjacent to an activating group) is 1. The van der Waals surface area contributed by atoms with Crippen molar-refractivity contribution in [2.45, 2.75) is 20.3 Å². The SMILES string of the molecule is COc1c(C)cc(CCN(C)CCCl)cc1C. The Morgan fingerprint density at radius 3 is 2.24 bits per heavy atom. The average molecular weight is 256 g/mol. The molecule has 0 unspecified atom stereocenters. The second-order valence-electron chi connectivity index (χ2n) is 4.51. The molecular weight excluding hydrogens is 234 g/mol. The first-order valence-electron chi connectivity index (χ1n) is 5.97. The quantitative estimate of drug-likeness (QED) is 0.725. The highest BCUT2D eigenvalue weighted by molar-refractivity contribution is 6.18. The molecule has 0 fully saturated rings. The maximum Gasteiger partial charge on any atom is 0.124 e. The third kappa shape index (κ3) is 4.21. The molecule has 0 amide bonds. The number of benzene rings is 1. The topological polar surface area (TPSA) is 12.5 Å². The Morgan fingerprint density at radius 1 is 1.18 bits per heavy atom. The van der Waals surface area contributed by atoms with Crippen LogP contribution >= 0.6 is 11.6 Å². The van der Waals surface area contributed by atoms with Crippen LogP contribution in [0.3, 0.4) is 0 Å². The van der Waals surface area contributed by atoms with Crippen LogP contribution < -0.4 is 4.74 Å². The highest BCUT2D eigenvalue weighted by atomic mass is 35.5. The van der Waals surface area contributed by atoms with Crippen LogP contribution in [0.4, 0.5) is 0 Å². The van der Waals surface area contributed by atoms with E-state index < -0.39 is 0 Å². The highest BCUT2D eigenvalue weighted by Gasteiger charge is 2.06. The molecule has 96 valence electrons. The Balaban J connectivity index is 2.67. The van der Waals surface area contributed by atoms with Crippen molar-refractivity contribution < 1.29 is 4.74 Å². The van der Waals surface area contributed by atoms with E-state index in [2.05, 4.69) is 37.9 Å². The molecule has 3 heteroatoms. The Hall–Kier alpha value is -0.730. The molecule has 0 saturated carbocycles. The van der Waals surface area contributed by atoms with Crippen molar-refractivity contribution >= 4 is 11.6 Å². The van der Waals surface area contributed by atoms with Crippen LogP contribution in [0.15, 0.2) is 12.1 Å². The Morgan fingerprint density at radius 2 is 1.76 bits per heavy atom. The number of methoxy groups -OCH3 is 1. The molecule has 1 aromatic carbocycles. The molecule has 0 saturated heterocycles. The van der Waals surface area contributed by atoms with Gasteiger partial charge in [-0.3, -0.25) is 0 Å². The highest BCUT2D eigenvalue weighted by Crippen LogP contribution is 2.24. The normalized spacial score (nSPS) is 10.9. The minimum absolute atomic E-state index is 0.692. The lowest BCUT2D eigenvalue weighted by Crippen LogP contribution is -2.23. The molecule has 17 heavy (non-hydrogen) atoms. The first-order chi connectivity index (χ1) is 8.08. The number of halogens is 1. The number of ether oxygens (including phenoxy) is 1. The van der Waals surface area contributed by atoms with Gasteiger partial charge in [-0.1, -0.05) is 12.1 Å². The molecule has 0 atom stereocenters. The van der Waals surface area contributed by atoms with Crippen molar-refractivity contribution in [2.24, 2.45) is 0 Å². The zero-order valence-electron chi connectivity index (χ0n) is 11.2. The smallest absolute Gasteiger partial charge is 0.124 e. The number of rotatable bonds is 6. The zero-order chi connectivity index (χ0) is 12.8. The molecule has 0 spiro atoms. The molecule has 0 aromatic heterocycles. The van der Waals surface area contributed by atoms with Crippen molar-refractivity contribution in [1.82, 2.24) is 4.90 Å². The fraction of sp³-hybridized carbons (Fsp3) is 0.571. The van der Waals surface area contributed by atoms with Gasteiger partial charge in [0.15, 0.2) is 0 Å². The van der Waals surface area contributed by atoms with Crippen LogP contribution in [0.1, 0.15) is 16.7 Å². The summed E-state index contributed by atoms with van der Waals surface area (Å²) in [5.74, 6) is 1.69. The number of hydrogen-bond acceptors (Lipinski definition) is 2. The molecule has 2 nitrogen and oxygen atoms in total. The van der Waals surface area contributed by atoms with E-state index in [-0.39, 0.29) is 0 Å². The van der Waals surface area contributed by atoms with Crippen LogP contribution in [-0.2, 0) is 6.42 Å². The number of nitrogens with zero attached hydrogens (tertiary/aromatic N) is 1. The van der Waals surface area contributed by atoms with Crippen molar-refractivity contribution in [2.75, 3.05) is 33.1 Å². The molecule has 0 aliphatic heterocycles. The van der Waals surface area contributed by atoms with Crippen LogP contribution in [-0.4, -0.2) is 38.0 Å². The third-order valence-corrected chi connectivity index (χ3v) is 3.14. The van der Waals surface area contributed by atoms with E-state index >= 15 is 0 Å². The maximum atomic E-state index is 5.71. The lowest BCUT2D eigenvalue weighted by Gasteiger charge is -2.16. The van der Waals surface area contributed by atoms with Crippen molar-refractivity contribution in [3.05, 3.63) is 28.8 Å². The fourth-order valence-electron chi connectivity index (χ4n) is 2.08. The molecule has 0 aliphatic rings. The van der Waals surface area contributed by atoms with E-state index in [1.165, 1.54) is 16.7 Å². The lowest BCUT2D eigenvalue weighted by atomic mass is 10.0. The summed E-state index contributed by atoms with van der Waals surface area (Å²) in [4.78, 5) is 2.25. The van der Waals surface area contributed by atoms with E-state index in [1.807, 2.05) is 0 Å². The summed E-state index contributed by atoms with van der Waals surface area (Å²) < 4.78 is 5.37. The Labute approximate surface area is 110 Å². The second kappa shape index (κ2) is 6.87. The summed E-state index contributed by atoms with van der Waals surface area (Å²) in [5.41, 5.74) is 3.78. The summed E-state index contributed by atoms with van der Waals surface area (Å²) in [6.07, 6.45) is 1.05. The van der Waals surface area contributed by atoms with Gasteiger partial charge in [-0.15, -0.1) is 11.6 Å². The summed E-state index contributed by atoms with van der Waals surface area (Å²) in [7, 11) is 3.83. The van der Waals surface area contributed by atoms with Gasteiger partial charge in [-0.05, 0) is 44.0 Å². The van der Waals surface area contributed by atoms with Crippen molar-refractivity contribution in [1.29, 1.82) is 0 Å². The predicted octanol–water partition coefficient (Wildman–Crippen LogP) is 3.03. The summed E-state index contributed by atoms with van der Waals surface area (Å²) in [5, 5.41) is 0. The molecule has 1 rings (SSSR count). The van der Waals surface area contributed by atoms with Gasteiger partial charge in [0.05, 0.1) is 7.11 Å². The standard InChI is InChI=1S/C14H22ClNO/c1-11-9-13(5-7-16(3)8-6-15)10-12(2)14(11)17-4/h9-10H,5-8H2,1-4H3. The van der Waals surface area contributed by atoms with Gasteiger partial charge < -0.3 is 9.64 Å². The largest absolute Gasteiger partial charge is 0.496 e. The number of hydrogen-bond donors (Lipinski definition) is 0. The number of aryl methyl sites for hydroxylation is 2. The summed E-state index contributed by atoms with van der Waals surface area (Å²) in [6, 6.07) is 4.42. The molecule has 0 aliphatic carbocycles. The first-order valence-corrected chi connectivity index (χ1v) is 6.50. The zero-order valence-corrected chi connectivity index (χ0v) is 12.0. The Bertz CT molecular complexity index is 342. The lowest BCUT2D eigenvalue weighted by molar-refractivity contribution is 0.359. The predicted molar refractivity (Wildman–Crippen MR) is 74.4 cm³/mol. The van der Waals surface area contributed by atoms with Crippen LogP contribution in [0.25, 0.3) is 0 Å². The average Bonchev–Trinajstić information content (AvgIpc) is 2.26. The first kappa shape index (κ1) is 14.3. The van der Waals surface area contributed by atoms with Gasteiger partial charge in [-0.25, -0.2) is 0 Å². The number of alkyl halides is 1. The van der Waals surface area contributed by atoms with E-state index in [9.17, 15) is 0 Å². The molecule has 0 N–H and O–H groups in total. The van der Waals surface area contributed by atoms with Gasteiger partial charge in [0, 0.05) is 19.0 Å². The van der Waals surface area contributed by atoms with E-state index in [1.54, 1.807) is 7.11 Å². The van der Waals surface area contributed by atoms with Crippen molar-refractivity contribution in [3.63, 3.8) is 0 Å². The molecule has 0 radical (unpaired) electrons. The minimum atomic E-state index is 0.692. The molecule has 0 bridgehead atoms. The Kier molecular flexibility index (Phi) is 5.79. The molecule has 1 aromatic rings. The summed E-state index contributed by atoms with van der Waals surface area (Å²) in [6.45, 7) is 6.17. The fourth-order valence-corrected chi connectivity index (χ4v) is 2.37. The maximum absolute atomic E-state index is 5.71. The van der Waals surface area contributed by atoms with Gasteiger partial charge in [0.1, 0.15) is 5.75 Å². The second-order valence-corrected chi connectivity index (χ2v) is 4.88. The van der Waals surface area contributed by atoms with Gasteiger partial charge in [0.2, 0.25) is 0 Å². The van der Waals surface area contributed by atoms with Crippen LogP contribution in [0, 0.1) is 13.8 Å². The van der Waals surface area contributed by atoms with E-state index in [4.69, 9.17) is 16.3 Å². The van der Waals surface area contributed by atoms with Gasteiger partial charge in [-0.2, -0.15) is 0 Å². The van der Waals surface area contributed by atoms with Crippen LogP contribution in [0.5, 0.6) is 5.75 Å². The van der Waals surface area contributed by atoms with Crippen LogP contribution in [0.2, 0.25) is 0 Å². The van der Waals surface area contributed by atoms with Gasteiger partial charge in [0.25, 0.3) is 0 Å². The summed E-state index contributed by atoms with van der Waals surface area (Å²) >= 11 is 5.71. The molecule has 0 heterocycles. The molecular formula is C14H22ClNO. The van der Waals surface area contributed by atoms with E-state index in [0.717, 1.165) is 25.3 Å². The minimum Gasteiger partial charge on any atom is -0.496 e.